The first-order valence-corrected chi connectivity index (χ1v) is 6.57. The molecule has 0 aromatic heterocycles. The standard InChI is InChI=1S/C15H24N2O/c1-15(2,17(4)5)14(16-3)12-8-6-7-11-9-10-18-13(11)12/h6-8,14,16H,9-10H2,1-5H3. The molecule has 1 N–H and O–H groups in total. The van der Waals surface area contributed by atoms with Crippen LogP contribution in [0.4, 0.5) is 0 Å². The highest BCUT2D eigenvalue weighted by Gasteiger charge is 2.34. The summed E-state index contributed by atoms with van der Waals surface area (Å²) in [5, 5.41) is 3.45. The van der Waals surface area contributed by atoms with Gasteiger partial charge in [0.05, 0.1) is 12.6 Å². The number of ether oxygens (including phenoxy) is 1. The molecule has 0 fully saturated rings. The molecule has 100 valence electrons. The van der Waals surface area contributed by atoms with E-state index in [9.17, 15) is 0 Å². The van der Waals surface area contributed by atoms with Gasteiger partial charge in [0.15, 0.2) is 0 Å². The van der Waals surface area contributed by atoms with Crippen LogP contribution in [0.25, 0.3) is 0 Å². The summed E-state index contributed by atoms with van der Waals surface area (Å²) < 4.78 is 5.83. The molecule has 0 saturated heterocycles. The SMILES string of the molecule is CNC(c1cccc2c1OCC2)C(C)(C)N(C)C. The number of rotatable bonds is 4. The summed E-state index contributed by atoms with van der Waals surface area (Å²) in [7, 11) is 6.26. The van der Waals surface area contributed by atoms with Crippen molar-refractivity contribution in [3.05, 3.63) is 29.3 Å². The molecule has 0 radical (unpaired) electrons. The number of nitrogens with one attached hydrogen (secondary N) is 1. The van der Waals surface area contributed by atoms with E-state index >= 15 is 0 Å². The predicted octanol–water partition coefficient (Wildman–Crippen LogP) is 2.22. The minimum atomic E-state index is 0.0236. The van der Waals surface area contributed by atoms with Crippen molar-refractivity contribution >= 4 is 0 Å². The van der Waals surface area contributed by atoms with E-state index in [2.05, 4.69) is 56.4 Å². The van der Waals surface area contributed by atoms with Crippen LogP contribution in [0.5, 0.6) is 5.75 Å². The maximum Gasteiger partial charge on any atom is 0.127 e. The van der Waals surface area contributed by atoms with Gasteiger partial charge in [0.2, 0.25) is 0 Å². The molecule has 1 heterocycles. The number of hydrogen-bond acceptors (Lipinski definition) is 3. The Labute approximate surface area is 110 Å². The van der Waals surface area contributed by atoms with Crippen LogP contribution in [0.2, 0.25) is 0 Å². The molecule has 18 heavy (non-hydrogen) atoms. The van der Waals surface area contributed by atoms with Crippen molar-refractivity contribution in [1.82, 2.24) is 10.2 Å². The number of para-hydroxylation sites is 1. The Bertz CT molecular complexity index is 427. The van der Waals surface area contributed by atoms with Gasteiger partial charge in [0.25, 0.3) is 0 Å². The second-order valence-electron chi connectivity index (χ2n) is 5.70. The summed E-state index contributed by atoms with van der Waals surface area (Å²) in [6.45, 7) is 5.32. The minimum Gasteiger partial charge on any atom is -0.493 e. The summed E-state index contributed by atoms with van der Waals surface area (Å²) in [6.07, 6.45) is 1.03. The van der Waals surface area contributed by atoms with Crippen LogP contribution >= 0.6 is 0 Å². The topological polar surface area (TPSA) is 24.5 Å². The van der Waals surface area contributed by atoms with E-state index in [1.54, 1.807) is 0 Å². The third-order valence-electron chi connectivity index (χ3n) is 4.20. The molecule has 1 unspecified atom stereocenters. The van der Waals surface area contributed by atoms with Gasteiger partial charge in [-0.25, -0.2) is 0 Å². The molecular formula is C15H24N2O. The average molecular weight is 248 g/mol. The highest BCUT2D eigenvalue weighted by Crippen LogP contribution is 2.38. The van der Waals surface area contributed by atoms with Gasteiger partial charge in [-0.3, -0.25) is 0 Å². The van der Waals surface area contributed by atoms with Gasteiger partial charge in [-0.05, 0) is 40.6 Å². The molecule has 0 spiro atoms. The fourth-order valence-corrected chi connectivity index (χ4v) is 2.62. The molecule has 1 atom stereocenters. The van der Waals surface area contributed by atoms with Crippen molar-refractivity contribution in [3.63, 3.8) is 0 Å². The average Bonchev–Trinajstić information content (AvgIpc) is 2.78. The van der Waals surface area contributed by atoms with E-state index in [1.807, 2.05) is 7.05 Å². The first-order chi connectivity index (χ1) is 8.48. The third kappa shape index (κ3) is 2.13. The van der Waals surface area contributed by atoms with E-state index in [4.69, 9.17) is 4.74 Å². The summed E-state index contributed by atoms with van der Waals surface area (Å²) >= 11 is 0. The second-order valence-corrected chi connectivity index (χ2v) is 5.70. The van der Waals surface area contributed by atoms with Gasteiger partial charge >= 0.3 is 0 Å². The van der Waals surface area contributed by atoms with E-state index in [-0.39, 0.29) is 11.6 Å². The summed E-state index contributed by atoms with van der Waals surface area (Å²) in [5.74, 6) is 1.09. The lowest BCUT2D eigenvalue weighted by atomic mass is 9.86. The Morgan fingerprint density at radius 3 is 2.67 bits per heavy atom. The smallest absolute Gasteiger partial charge is 0.127 e. The lowest BCUT2D eigenvalue weighted by Crippen LogP contribution is -2.48. The van der Waals surface area contributed by atoms with Crippen LogP contribution in [0.15, 0.2) is 18.2 Å². The van der Waals surface area contributed by atoms with Gasteiger partial charge in [-0.2, -0.15) is 0 Å². The van der Waals surface area contributed by atoms with Crippen LogP contribution in [0.3, 0.4) is 0 Å². The fraction of sp³-hybridized carbons (Fsp3) is 0.600. The molecule has 2 rings (SSSR count). The number of hydrogen-bond donors (Lipinski definition) is 1. The zero-order valence-corrected chi connectivity index (χ0v) is 12.1. The van der Waals surface area contributed by atoms with Crippen molar-refractivity contribution in [2.24, 2.45) is 0 Å². The first kappa shape index (κ1) is 13.4. The molecule has 0 bridgehead atoms. The Hall–Kier alpha value is -1.06. The second kappa shape index (κ2) is 4.90. The molecule has 1 aliphatic heterocycles. The Morgan fingerprint density at radius 1 is 1.33 bits per heavy atom. The molecule has 0 aliphatic carbocycles. The van der Waals surface area contributed by atoms with Crippen LogP contribution in [-0.4, -0.2) is 38.2 Å². The summed E-state index contributed by atoms with van der Waals surface area (Å²) in [6, 6.07) is 6.73. The number of benzene rings is 1. The largest absolute Gasteiger partial charge is 0.493 e. The molecule has 3 heteroatoms. The molecule has 1 aromatic rings. The van der Waals surface area contributed by atoms with E-state index in [1.165, 1.54) is 11.1 Å². The van der Waals surface area contributed by atoms with E-state index in [0.29, 0.717) is 0 Å². The first-order valence-electron chi connectivity index (χ1n) is 6.57. The van der Waals surface area contributed by atoms with Gasteiger partial charge in [-0.1, -0.05) is 18.2 Å². The van der Waals surface area contributed by atoms with Gasteiger partial charge in [0.1, 0.15) is 5.75 Å². The lowest BCUT2D eigenvalue weighted by molar-refractivity contribution is 0.140. The van der Waals surface area contributed by atoms with Gasteiger partial charge < -0.3 is 15.0 Å². The Kier molecular flexibility index (Phi) is 3.64. The third-order valence-corrected chi connectivity index (χ3v) is 4.20. The number of fused-ring (bicyclic) bond motifs is 1. The highest BCUT2D eigenvalue weighted by atomic mass is 16.5. The van der Waals surface area contributed by atoms with E-state index in [0.717, 1.165) is 18.8 Å². The fourth-order valence-electron chi connectivity index (χ4n) is 2.62. The molecule has 0 saturated carbocycles. The van der Waals surface area contributed by atoms with Crippen molar-refractivity contribution in [1.29, 1.82) is 0 Å². The highest BCUT2D eigenvalue weighted by molar-refractivity contribution is 5.46. The minimum absolute atomic E-state index is 0.0236. The van der Waals surface area contributed by atoms with Gasteiger partial charge in [0, 0.05) is 17.5 Å². The Morgan fingerprint density at radius 2 is 2.06 bits per heavy atom. The van der Waals surface area contributed by atoms with Crippen molar-refractivity contribution in [2.75, 3.05) is 27.7 Å². The zero-order chi connectivity index (χ0) is 13.3. The molecule has 1 aromatic carbocycles. The van der Waals surface area contributed by atoms with Crippen LogP contribution in [0.1, 0.15) is 31.0 Å². The van der Waals surface area contributed by atoms with Crippen LogP contribution in [-0.2, 0) is 6.42 Å². The van der Waals surface area contributed by atoms with Crippen LogP contribution < -0.4 is 10.1 Å². The number of nitrogens with zero attached hydrogens (tertiary/aromatic N) is 1. The Balaban J connectivity index is 2.43. The zero-order valence-electron chi connectivity index (χ0n) is 12.1. The number of likely N-dealkylation sites (N-methyl/N-ethyl adjacent to an activating group) is 2. The van der Waals surface area contributed by atoms with Crippen LogP contribution in [0, 0.1) is 0 Å². The van der Waals surface area contributed by atoms with E-state index < -0.39 is 0 Å². The molecule has 1 aliphatic rings. The van der Waals surface area contributed by atoms with Gasteiger partial charge in [-0.15, -0.1) is 0 Å². The maximum absolute atomic E-state index is 5.83. The molecule has 3 nitrogen and oxygen atoms in total. The normalized spacial score (nSPS) is 16.6. The molecule has 0 amide bonds. The van der Waals surface area contributed by atoms with Crippen molar-refractivity contribution < 1.29 is 4.74 Å². The summed E-state index contributed by atoms with van der Waals surface area (Å²) in [4.78, 5) is 2.25. The molecular weight excluding hydrogens is 224 g/mol. The van der Waals surface area contributed by atoms with Crippen molar-refractivity contribution in [2.45, 2.75) is 31.8 Å². The predicted molar refractivity (Wildman–Crippen MR) is 75.2 cm³/mol. The monoisotopic (exact) mass is 248 g/mol. The van der Waals surface area contributed by atoms with Crippen molar-refractivity contribution in [3.8, 4) is 5.75 Å². The lowest BCUT2D eigenvalue weighted by Gasteiger charge is -2.40. The summed E-state index contributed by atoms with van der Waals surface area (Å²) in [5.41, 5.74) is 2.63. The quantitative estimate of drug-likeness (QED) is 0.884. The maximum atomic E-state index is 5.83.